The van der Waals surface area contributed by atoms with E-state index in [4.69, 9.17) is 5.11 Å². The summed E-state index contributed by atoms with van der Waals surface area (Å²) in [7, 11) is 0. The van der Waals surface area contributed by atoms with Crippen LogP contribution in [0.25, 0.3) is 0 Å². The first kappa shape index (κ1) is 17.3. The smallest absolute Gasteiger partial charge is 0.255 e. The molecule has 21 heavy (non-hydrogen) atoms. The molecule has 0 aromatic heterocycles. The number of benzene rings is 1. The van der Waals surface area contributed by atoms with Gasteiger partial charge in [-0.1, -0.05) is 50.7 Å². The molecule has 1 aromatic rings. The van der Waals surface area contributed by atoms with E-state index in [2.05, 4.69) is 25.7 Å². The lowest BCUT2D eigenvalue weighted by Crippen LogP contribution is -2.33. The van der Waals surface area contributed by atoms with E-state index in [0.29, 0.717) is 11.1 Å². The molecule has 3 nitrogen and oxygen atoms in total. The van der Waals surface area contributed by atoms with Gasteiger partial charge < -0.3 is 10.0 Å². The van der Waals surface area contributed by atoms with Gasteiger partial charge in [0, 0.05) is 18.7 Å². The zero-order chi connectivity index (χ0) is 15.5. The van der Waals surface area contributed by atoms with Crippen molar-refractivity contribution in [2.75, 3.05) is 19.7 Å². The van der Waals surface area contributed by atoms with Crippen LogP contribution in [-0.4, -0.2) is 35.6 Å². The Morgan fingerprint density at radius 3 is 2.33 bits per heavy atom. The minimum Gasteiger partial charge on any atom is -0.384 e. The maximum absolute atomic E-state index is 12.7. The molecule has 0 unspecified atom stereocenters. The minimum atomic E-state index is -0.197. The SMILES string of the molecule is CCCCN(CCCC)C(=O)c1ccccc1C#CCO. The molecule has 0 radical (unpaired) electrons. The van der Waals surface area contributed by atoms with Crippen molar-refractivity contribution >= 4 is 5.91 Å². The van der Waals surface area contributed by atoms with Gasteiger partial charge in [0.2, 0.25) is 0 Å². The van der Waals surface area contributed by atoms with Crippen molar-refractivity contribution in [3.63, 3.8) is 0 Å². The predicted octanol–water partition coefficient (Wildman–Crippen LogP) is 3.07. The summed E-state index contributed by atoms with van der Waals surface area (Å²) in [5.41, 5.74) is 1.32. The fourth-order valence-electron chi connectivity index (χ4n) is 2.10. The largest absolute Gasteiger partial charge is 0.384 e. The summed E-state index contributed by atoms with van der Waals surface area (Å²) < 4.78 is 0. The van der Waals surface area contributed by atoms with E-state index >= 15 is 0 Å². The summed E-state index contributed by atoms with van der Waals surface area (Å²) in [5.74, 6) is 5.52. The Hall–Kier alpha value is -1.79. The van der Waals surface area contributed by atoms with Gasteiger partial charge in [0.25, 0.3) is 5.91 Å². The summed E-state index contributed by atoms with van der Waals surface area (Å²) in [5, 5.41) is 8.83. The molecule has 0 heterocycles. The van der Waals surface area contributed by atoms with Crippen molar-refractivity contribution in [1.82, 2.24) is 4.90 Å². The molecule has 1 amide bonds. The van der Waals surface area contributed by atoms with Gasteiger partial charge in [-0.2, -0.15) is 0 Å². The van der Waals surface area contributed by atoms with Gasteiger partial charge in [0.15, 0.2) is 0 Å². The van der Waals surface area contributed by atoms with Gasteiger partial charge in [-0.05, 0) is 25.0 Å². The van der Waals surface area contributed by atoms with Gasteiger partial charge in [-0.3, -0.25) is 4.79 Å². The first-order valence-corrected chi connectivity index (χ1v) is 7.72. The summed E-state index contributed by atoms with van der Waals surface area (Å²) >= 11 is 0. The molecule has 0 spiro atoms. The number of hydrogen-bond donors (Lipinski definition) is 1. The predicted molar refractivity (Wildman–Crippen MR) is 86.1 cm³/mol. The van der Waals surface area contributed by atoms with Crippen LogP contribution in [0.2, 0.25) is 0 Å². The van der Waals surface area contributed by atoms with Crippen molar-refractivity contribution in [3.05, 3.63) is 35.4 Å². The zero-order valence-electron chi connectivity index (χ0n) is 13.1. The number of amides is 1. The van der Waals surface area contributed by atoms with Gasteiger partial charge in [-0.15, -0.1) is 0 Å². The van der Waals surface area contributed by atoms with Crippen LogP contribution in [0.15, 0.2) is 24.3 Å². The number of aliphatic hydroxyl groups excluding tert-OH is 1. The number of aliphatic hydroxyl groups is 1. The molecule has 0 aliphatic carbocycles. The number of carbonyl (C=O) groups is 1. The normalized spacial score (nSPS) is 9.86. The lowest BCUT2D eigenvalue weighted by atomic mass is 10.1. The third kappa shape index (κ3) is 5.61. The third-order valence-electron chi connectivity index (χ3n) is 3.31. The van der Waals surface area contributed by atoms with Crippen LogP contribution in [0, 0.1) is 11.8 Å². The van der Waals surface area contributed by atoms with E-state index < -0.39 is 0 Å². The maximum atomic E-state index is 12.7. The van der Waals surface area contributed by atoms with E-state index in [9.17, 15) is 4.79 Å². The van der Waals surface area contributed by atoms with Crippen LogP contribution in [0.3, 0.4) is 0 Å². The van der Waals surface area contributed by atoms with Crippen molar-refractivity contribution in [2.45, 2.75) is 39.5 Å². The van der Waals surface area contributed by atoms with Gasteiger partial charge in [0.1, 0.15) is 6.61 Å². The molecule has 0 bridgehead atoms. The summed E-state index contributed by atoms with van der Waals surface area (Å²) in [6.07, 6.45) is 4.17. The standard InChI is InChI=1S/C18H25NO2/c1-3-5-13-19(14-6-4-2)18(21)17-12-8-7-10-16(17)11-9-15-20/h7-8,10,12,20H,3-6,13-15H2,1-2H3. The van der Waals surface area contributed by atoms with Crippen molar-refractivity contribution in [1.29, 1.82) is 0 Å². The Balaban J connectivity index is 2.96. The van der Waals surface area contributed by atoms with E-state index in [1.807, 2.05) is 29.2 Å². The lowest BCUT2D eigenvalue weighted by Gasteiger charge is -2.23. The summed E-state index contributed by atoms with van der Waals surface area (Å²) in [6, 6.07) is 7.36. The highest BCUT2D eigenvalue weighted by molar-refractivity contribution is 5.96. The molecule has 114 valence electrons. The molecule has 0 fully saturated rings. The maximum Gasteiger partial charge on any atom is 0.255 e. The van der Waals surface area contributed by atoms with Crippen LogP contribution in [0.1, 0.15) is 55.5 Å². The molecule has 0 saturated heterocycles. The van der Waals surface area contributed by atoms with Crippen LogP contribution in [0.4, 0.5) is 0 Å². The van der Waals surface area contributed by atoms with Crippen LogP contribution in [-0.2, 0) is 0 Å². The van der Waals surface area contributed by atoms with Gasteiger partial charge >= 0.3 is 0 Å². The van der Waals surface area contributed by atoms with E-state index in [1.54, 1.807) is 0 Å². The van der Waals surface area contributed by atoms with E-state index in [0.717, 1.165) is 38.8 Å². The average molecular weight is 287 g/mol. The van der Waals surface area contributed by atoms with E-state index in [1.165, 1.54) is 0 Å². The Morgan fingerprint density at radius 1 is 1.14 bits per heavy atom. The number of rotatable bonds is 7. The molecule has 0 atom stereocenters. The van der Waals surface area contributed by atoms with Crippen molar-refractivity contribution in [3.8, 4) is 11.8 Å². The average Bonchev–Trinajstić information content (AvgIpc) is 2.52. The second-order valence-corrected chi connectivity index (χ2v) is 5.00. The second kappa shape index (κ2) is 10.0. The Kier molecular flexibility index (Phi) is 8.23. The van der Waals surface area contributed by atoms with Crippen LogP contribution < -0.4 is 0 Å². The Labute approximate surface area is 128 Å². The molecule has 0 saturated carbocycles. The highest BCUT2D eigenvalue weighted by Gasteiger charge is 2.17. The van der Waals surface area contributed by atoms with Gasteiger partial charge in [0.05, 0.1) is 5.56 Å². The quantitative estimate of drug-likeness (QED) is 0.783. The molecule has 0 aliphatic heterocycles. The number of carbonyl (C=O) groups excluding carboxylic acids is 1. The lowest BCUT2D eigenvalue weighted by molar-refractivity contribution is 0.0751. The van der Waals surface area contributed by atoms with Gasteiger partial charge in [-0.25, -0.2) is 0 Å². The molecule has 1 N–H and O–H groups in total. The summed E-state index contributed by atoms with van der Waals surface area (Å²) in [6.45, 7) is 5.64. The highest BCUT2D eigenvalue weighted by atomic mass is 16.2. The first-order valence-electron chi connectivity index (χ1n) is 7.72. The zero-order valence-corrected chi connectivity index (χ0v) is 13.1. The second-order valence-electron chi connectivity index (χ2n) is 5.00. The van der Waals surface area contributed by atoms with E-state index in [-0.39, 0.29) is 12.5 Å². The first-order chi connectivity index (χ1) is 10.2. The molecule has 1 rings (SSSR count). The Morgan fingerprint density at radius 2 is 1.76 bits per heavy atom. The van der Waals surface area contributed by atoms with Crippen LogP contribution >= 0.6 is 0 Å². The number of nitrogens with zero attached hydrogens (tertiary/aromatic N) is 1. The Bertz CT molecular complexity index is 491. The monoisotopic (exact) mass is 287 g/mol. The third-order valence-corrected chi connectivity index (χ3v) is 3.31. The molecule has 3 heteroatoms. The number of unbranched alkanes of at least 4 members (excludes halogenated alkanes) is 2. The number of hydrogen-bond acceptors (Lipinski definition) is 2. The van der Waals surface area contributed by atoms with Crippen molar-refractivity contribution < 1.29 is 9.90 Å². The minimum absolute atomic E-state index is 0.0414. The molecule has 1 aromatic carbocycles. The van der Waals surface area contributed by atoms with Crippen LogP contribution in [0.5, 0.6) is 0 Å². The fraction of sp³-hybridized carbons (Fsp3) is 0.500. The molecular weight excluding hydrogens is 262 g/mol. The highest BCUT2D eigenvalue weighted by Crippen LogP contribution is 2.12. The fourth-order valence-corrected chi connectivity index (χ4v) is 2.10. The molecular formula is C18H25NO2. The summed E-state index contributed by atoms with van der Waals surface area (Å²) in [4.78, 5) is 14.7. The van der Waals surface area contributed by atoms with Crippen molar-refractivity contribution in [2.24, 2.45) is 0 Å². The molecule has 0 aliphatic rings. The topological polar surface area (TPSA) is 40.5 Å².